The second-order valence-electron chi connectivity index (χ2n) is 2.76. The third-order valence-electron chi connectivity index (χ3n) is 1.66. The largest absolute Gasteiger partial charge is 0.492 e. The Morgan fingerprint density at radius 3 is 2.80 bits per heavy atom. The predicted molar refractivity (Wildman–Crippen MR) is 62.5 cm³/mol. The van der Waals surface area contributed by atoms with Crippen molar-refractivity contribution in [3.8, 4) is 5.75 Å². The first-order chi connectivity index (χ1) is 7.13. The summed E-state index contributed by atoms with van der Waals surface area (Å²) >= 11 is 11.1. The molecule has 0 saturated heterocycles. The van der Waals surface area contributed by atoms with E-state index in [0.29, 0.717) is 17.4 Å². The van der Waals surface area contributed by atoms with Gasteiger partial charge in [0.1, 0.15) is 5.75 Å². The van der Waals surface area contributed by atoms with Crippen LogP contribution < -0.4 is 4.74 Å². The van der Waals surface area contributed by atoms with E-state index in [1.54, 1.807) is 24.3 Å². The Labute approximate surface area is 98.4 Å². The molecule has 0 atom stereocenters. The lowest BCUT2D eigenvalue weighted by molar-refractivity contribution is -0.107. The maximum atomic E-state index is 10.5. The number of benzene rings is 1. The molecule has 0 radical (unpaired) electrons. The maximum Gasteiger partial charge on any atom is 0.245 e. The van der Waals surface area contributed by atoms with Crippen LogP contribution in [-0.2, 0) is 4.79 Å². The molecule has 0 aliphatic heterocycles. The van der Waals surface area contributed by atoms with Crippen molar-refractivity contribution in [2.75, 3.05) is 6.61 Å². The predicted octanol–water partition coefficient (Wildman–Crippen LogP) is 3.52. The van der Waals surface area contributed by atoms with Crippen LogP contribution in [0.25, 0.3) is 6.08 Å². The van der Waals surface area contributed by atoms with Crippen molar-refractivity contribution in [1.82, 2.24) is 0 Å². The van der Waals surface area contributed by atoms with Gasteiger partial charge in [0.25, 0.3) is 0 Å². The molecule has 0 amide bonds. The molecule has 0 bridgehead atoms. The van der Waals surface area contributed by atoms with Gasteiger partial charge in [-0.05, 0) is 42.3 Å². The molecule has 0 spiro atoms. The number of hydrogen-bond donors (Lipinski definition) is 0. The Morgan fingerprint density at radius 1 is 1.53 bits per heavy atom. The Hall–Kier alpha value is -0.990. The summed E-state index contributed by atoms with van der Waals surface area (Å²) in [7, 11) is 0. The Kier molecular flexibility index (Phi) is 4.66. The number of hydrogen-bond acceptors (Lipinski definition) is 2. The molecule has 15 heavy (non-hydrogen) atoms. The van der Waals surface area contributed by atoms with Gasteiger partial charge in [0.15, 0.2) is 0 Å². The van der Waals surface area contributed by atoms with Gasteiger partial charge in [0.05, 0.1) is 11.6 Å². The molecule has 1 aromatic rings. The minimum Gasteiger partial charge on any atom is -0.492 e. The summed E-state index contributed by atoms with van der Waals surface area (Å²) in [5.41, 5.74) is 0.803. The lowest BCUT2D eigenvalue weighted by Crippen LogP contribution is -1.92. The fourth-order valence-corrected chi connectivity index (χ4v) is 1.36. The average Bonchev–Trinajstić information content (AvgIpc) is 2.19. The van der Waals surface area contributed by atoms with Gasteiger partial charge in [-0.1, -0.05) is 23.7 Å². The quantitative estimate of drug-likeness (QED) is 0.599. The summed E-state index contributed by atoms with van der Waals surface area (Å²) in [5.74, 6) is 0.633. The molecule has 1 rings (SSSR count). The Bertz CT molecular complexity index is 386. The van der Waals surface area contributed by atoms with Crippen LogP contribution in [0.15, 0.2) is 24.3 Å². The van der Waals surface area contributed by atoms with E-state index < -0.39 is 5.24 Å². The number of halogens is 2. The number of carbonyl (C=O) groups is 1. The standard InChI is InChI=1S/C11H10Cl2O2/c1-2-15-10-5-3-8(7-9(10)12)4-6-11(13)14/h3-7H,2H2,1H3. The molecule has 0 unspecified atom stereocenters. The van der Waals surface area contributed by atoms with E-state index in [9.17, 15) is 4.79 Å². The van der Waals surface area contributed by atoms with Gasteiger partial charge in [-0.25, -0.2) is 0 Å². The first-order valence-electron chi connectivity index (χ1n) is 4.43. The molecule has 4 heteroatoms. The van der Waals surface area contributed by atoms with Crippen LogP contribution in [0.2, 0.25) is 5.02 Å². The SMILES string of the molecule is CCOc1ccc(C=CC(=O)Cl)cc1Cl. The van der Waals surface area contributed by atoms with E-state index in [2.05, 4.69) is 0 Å². The molecule has 0 aromatic heterocycles. The van der Waals surface area contributed by atoms with Crippen molar-refractivity contribution >= 4 is 34.5 Å². The zero-order valence-corrected chi connectivity index (χ0v) is 9.68. The maximum absolute atomic E-state index is 10.5. The molecule has 0 saturated carbocycles. The highest BCUT2D eigenvalue weighted by molar-refractivity contribution is 6.66. The molecular formula is C11H10Cl2O2. The van der Waals surface area contributed by atoms with Crippen LogP contribution in [-0.4, -0.2) is 11.8 Å². The highest BCUT2D eigenvalue weighted by Gasteiger charge is 2.00. The van der Waals surface area contributed by atoms with Crippen LogP contribution in [0.1, 0.15) is 12.5 Å². The van der Waals surface area contributed by atoms with Crippen molar-refractivity contribution < 1.29 is 9.53 Å². The number of ether oxygens (including phenoxy) is 1. The molecule has 0 heterocycles. The molecule has 2 nitrogen and oxygen atoms in total. The van der Waals surface area contributed by atoms with E-state index in [1.807, 2.05) is 6.92 Å². The molecule has 1 aromatic carbocycles. The zero-order chi connectivity index (χ0) is 11.3. The first-order valence-corrected chi connectivity index (χ1v) is 5.19. The van der Waals surface area contributed by atoms with Gasteiger partial charge >= 0.3 is 0 Å². The summed E-state index contributed by atoms with van der Waals surface area (Å²) < 4.78 is 5.27. The third-order valence-corrected chi connectivity index (χ3v) is 2.08. The number of allylic oxidation sites excluding steroid dienone is 1. The van der Waals surface area contributed by atoms with Crippen molar-refractivity contribution in [3.05, 3.63) is 34.9 Å². The monoisotopic (exact) mass is 244 g/mol. The fraction of sp³-hybridized carbons (Fsp3) is 0.182. The van der Waals surface area contributed by atoms with E-state index in [0.717, 1.165) is 5.56 Å². The van der Waals surface area contributed by atoms with Crippen LogP contribution in [0.4, 0.5) is 0 Å². The minimum atomic E-state index is -0.514. The molecule has 0 fully saturated rings. The zero-order valence-electron chi connectivity index (χ0n) is 8.17. The van der Waals surface area contributed by atoms with Crippen LogP contribution in [0.5, 0.6) is 5.75 Å². The molecule has 80 valence electrons. The van der Waals surface area contributed by atoms with E-state index in [1.165, 1.54) is 6.08 Å². The van der Waals surface area contributed by atoms with E-state index in [4.69, 9.17) is 27.9 Å². The van der Waals surface area contributed by atoms with Crippen molar-refractivity contribution in [2.24, 2.45) is 0 Å². The first kappa shape index (κ1) is 12.1. The van der Waals surface area contributed by atoms with Crippen molar-refractivity contribution in [1.29, 1.82) is 0 Å². The normalized spacial score (nSPS) is 10.6. The van der Waals surface area contributed by atoms with Crippen molar-refractivity contribution in [2.45, 2.75) is 6.92 Å². The van der Waals surface area contributed by atoms with Gasteiger partial charge in [-0.3, -0.25) is 4.79 Å². The van der Waals surface area contributed by atoms with Gasteiger partial charge in [-0.15, -0.1) is 0 Å². The minimum absolute atomic E-state index is 0.514. The van der Waals surface area contributed by atoms with Crippen LogP contribution in [0.3, 0.4) is 0 Å². The summed E-state index contributed by atoms with van der Waals surface area (Å²) in [6.07, 6.45) is 2.87. The number of carbonyl (C=O) groups excluding carboxylic acids is 1. The summed E-state index contributed by atoms with van der Waals surface area (Å²) in [4.78, 5) is 10.5. The van der Waals surface area contributed by atoms with Crippen LogP contribution >= 0.6 is 23.2 Å². The summed E-state index contributed by atoms with van der Waals surface area (Å²) in [6, 6.07) is 5.26. The van der Waals surface area contributed by atoms with Gasteiger partial charge in [-0.2, -0.15) is 0 Å². The lowest BCUT2D eigenvalue weighted by atomic mass is 10.2. The lowest BCUT2D eigenvalue weighted by Gasteiger charge is -2.05. The van der Waals surface area contributed by atoms with Gasteiger partial charge < -0.3 is 4.74 Å². The molecular weight excluding hydrogens is 235 g/mol. The topological polar surface area (TPSA) is 26.3 Å². The molecule has 0 N–H and O–H groups in total. The Morgan fingerprint density at radius 2 is 2.27 bits per heavy atom. The average molecular weight is 245 g/mol. The number of rotatable bonds is 4. The Balaban J connectivity index is 2.86. The second-order valence-corrected chi connectivity index (χ2v) is 3.54. The molecule has 0 aliphatic carbocycles. The van der Waals surface area contributed by atoms with Gasteiger partial charge in [0.2, 0.25) is 5.24 Å². The fourth-order valence-electron chi connectivity index (χ4n) is 1.06. The van der Waals surface area contributed by atoms with E-state index >= 15 is 0 Å². The van der Waals surface area contributed by atoms with Gasteiger partial charge in [0, 0.05) is 0 Å². The third kappa shape index (κ3) is 3.94. The second kappa shape index (κ2) is 5.79. The van der Waals surface area contributed by atoms with Crippen LogP contribution in [0, 0.1) is 0 Å². The van der Waals surface area contributed by atoms with Crippen molar-refractivity contribution in [3.63, 3.8) is 0 Å². The highest BCUT2D eigenvalue weighted by atomic mass is 35.5. The molecule has 0 aliphatic rings. The summed E-state index contributed by atoms with van der Waals surface area (Å²) in [6.45, 7) is 2.45. The van der Waals surface area contributed by atoms with E-state index in [-0.39, 0.29) is 0 Å². The smallest absolute Gasteiger partial charge is 0.245 e. The highest BCUT2D eigenvalue weighted by Crippen LogP contribution is 2.25. The summed E-state index contributed by atoms with van der Waals surface area (Å²) in [5, 5.41) is 0.000952.